The predicted octanol–water partition coefficient (Wildman–Crippen LogP) is 2.62. The van der Waals surface area contributed by atoms with Gasteiger partial charge < -0.3 is 10.6 Å². The van der Waals surface area contributed by atoms with Crippen molar-refractivity contribution in [2.45, 2.75) is 85.2 Å². The van der Waals surface area contributed by atoms with Crippen LogP contribution in [0.25, 0.3) is 0 Å². The molecular formula is C18H34N2O3. The molecule has 1 atom stereocenters. The maximum absolute atomic E-state index is 12.0. The topological polar surface area (TPSA) is 75.3 Å². The van der Waals surface area contributed by atoms with Gasteiger partial charge in [-0.25, -0.2) is 0 Å². The second-order valence-electron chi connectivity index (χ2n) is 6.67. The Morgan fingerprint density at radius 2 is 1.57 bits per heavy atom. The molecule has 0 radical (unpaired) electrons. The van der Waals surface area contributed by atoms with Gasteiger partial charge in [0.05, 0.1) is 6.04 Å². The third kappa shape index (κ3) is 11.0. The SMILES string of the molecule is CCC(=O)[C@H](CCCCNC(C)C)NC(=O)CCC(=O)C(C)C. The number of rotatable bonds is 13. The largest absolute Gasteiger partial charge is 0.346 e. The van der Waals surface area contributed by atoms with Gasteiger partial charge in [0.15, 0.2) is 5.78 Å². The van der Waals surface area contributed by atoms with E-state index in [1.807, 2.05) is 20.8 Å². The normalized spacial score (nSPS) is 12.5. The summed E-state index contributed by atoms with van der Waals surface area (Å²) in [6, 6.07) is 0.0435. The number of ketones is 2. The van der Waals surface area contributed by atoms with Gasteiger partial charge in [-0.3, -0.25) is 14.4 Å². The highest BCUT2D eigenvalue weighted by Crippen LogP contribution is 2.06. The lowest BCUT2D eigenvalue weighted by molar-refractivity contribution is -0.129. The van der Waals surface area contributed by atoms with E-state index in [0.717, 1.165) is 19.4 Å². The lowest BCUT2D eigenvalue weighted by Gasteiger charge is -2.17. The summed E-state index contributed by atoms with van der Waals surface area (Å²) in [6.45, 7) is 10.6. The van der Waals surface area contributed by atoms with Gasteiger partial charge in [-0.1, -0.05) is 34.6 Å². The van der Waals surface area contributed by atoms with Gasteiger partial charge in [0.25, 0.3) is 0 Å². The molecule has 0 heterocycles. The van der Waals surface area contributed by atoms with Crippen molar-refractivity contribution in [1.29, 1.82) is 0 Å². The fourth-order valence-corrected chi connectivity index (χ4v) is 2.22. The van der Waals surface area contributed by atoms with Crippen LogP contribution in [0.3, 0.4) is 0 Å². The Morgan fingerprint density at radius 1 is 0.913 bits per heavy atom. The summed E-state index contributed by atoms with van der Waals surface area (Å²) in [6.07, 6.45) is 3.36. The van der Waals surface area contributed by atoms with E-state index >= 15 is 0 Å². The highest BCUT2D eigenvalue weighted by Gasteiger charge is 2.19. The lowest BCUT2D eigenvalue weighted by atomic mass is 10.0. The van der Waals surface area contributed by atoms with Crippen molar-refractivity contribution in [2.24, 2.45) is 5.92 Å². The van der Waals surface area contributed by atoms with Gasteiger partial charge in [-0.05, 0) is 25.8 Å². The summed E-state index contributed by atoms with van der Waals surface area (Å²) in [5, 5.41) is 6.14. The molecule has 0 spiro atoms. The van der Waals surface area contributed by atoms with Gasteiger partial charge in [-0.2, -0.15) is 0 Å². The second kappa shape index (κ2) is 12.2. The number of Topliss-reactive ketones (excluding diaryl/α,β-unsaturated/α-hetero) is 2. The fraction of sp³-hybridized carbons (Fsp3) is 0.833. The molecule has 0 aromatic rings. The van der Waals surface area contributed by atoms with Crippen LogP contribution in [-0.2, 0) is 14.4 Å². The molecule has 5 nitrogen and oxygen atoms in total. The van der Waals surface area contributed by atoms with Gasteiger partial charge in [0, 0.05) is 31.2 Å². The third-order valence-electron chi connectivity index (χ3n) is 3.79. The van der Waals surface area contributed by atoms with E-state index in [1.54, 1.807) is 0 Å². The Bertz CT molecular complexity index is 378. The average molecular weight is 326 g/mol. The zero-order valence-corrected chi connectivity index (χ0v) is 15.4. The number of nitrogens with one attached hydrogen (secondary N) is 2. The van der Waals surface area contributed by atoms with E-state index in [-0.39, 0.29) is 36.2 Å². The van der Waals surface area contributed by atoms with Crippen LogP contribution in [0.1, 0.15) is 73.1 Å². The molecular weight excluding hydrogens is 292 g/mol. The quantitative estimate of drug-likeness (QED) is 0.510. The van der Waals surface area contributed by atoms with Crippen molar-refractivity contribution in [3.05, 3.63) is 0 Å². The van der Waals surface area contributed by atoms with E-state index in [0.29, 0.717) is 18.9 Å². The van der Waals surface area contributed by atoms with Crippen molar-refractivity contribution >= 4 is 17.5 Å². The van der Waals surface area contributed by atoms with Crippen LogP contribution in [0.15, 0.2) is 0 Å². The highest BCUT2D eigenvalue weighted by molar-refractivity contribution is 5.90. The molecule has 0 bridgehead atoms. The molecule has 0 aromatic carbocycles. The van der Waals surface area contributed by atoms with Gasteiger partial charge >= 0.3 is 0 Å². The molecule has 0 aliphatic rings. The van der Waals surface area contributed by atoms with Crippen molar-refractivity contribution < 1.29 is 14.4 Å². The van der Waals surface area contributed by atoms with Crippen LogP contribution in [0.2, 0.25) is 0 Å². The monoisotopic (exact) mass is 326 g/mol. The standard InChI is InChI=1S/C18H34N2O3/c1-6-16(21)15(9-7-8-12-19-14(4)5)20-18(23)11-10-17(22)13(2)3/h13-15,19H,6-12H2,1-5H3,(H,20,23)/t15-/m0/s1. The zero-order valence-electron chi connectivity index (χ0n) is 15.4. The van der Waals surface area contributed by atoms with Crippen LogP contribution in [0, 0.1) is 5.92 Å². The molecule has 0 fully saturated rings. The third-order valence-corrected chi connectivity index (χ3v) is 3.79. The molecule has 0 unspecified atom stereocenters. The number of hydrogen-bond donors (Lipinski definition) is 2. The minimum absolute atomic E-state index is 0.0515. The molecule has 0 rings (SSSR count). The summed E-state index contributed by atoms with van der Waals surface area (Å²) >= 11 is 0. The Kier molecular flexibility index (Phi) is 11.6. The summed E-state index contributed by atoms with van der Waals surface area (Å²) in [5.74, 6) is -0.112. The minimum atomic E-state index is -0.416. The van der Waals surface area contributed by atoms with E-state index in [9.17, 15) is 14.4 Å². The molecule has 5 heteroatoms. The number of amides is 1. The van der Waals surface area contributed by atoms with E-state index in [4.69, 9.17) is 0 Å². The van der Waals surface area contributed by atoms with Gasteiger partial charge in [0.1, 0.15) is 5.78 Å². The summed E-state index contributed by atoms with van der Waals surface area (Å²) in [5.41, 5.74) is 0. The number of unbranched alkanes of at least 4 members (excludes halogenated alkanes) is 1. The summed E-state index contributed by atoms with van der Waals surface area (Å²) in [7, 11) is 0. The maximum atomic E-state index is 12.0. The van der Waals surface area contributed by atoms with Crippen molar-refractivity contribution in [1.82, 2.24) is 10.6 Å². The number of carbonyl (C=O) groups excluding carboxylic acids is 3. The minimum Gasteiger partial charge on any atom is -0.346 e. The molecule has 0 saturated carbocycles. The molecule has 0 aliphatic heterocycles. The molecule has 1 amide bonds. The summed E-state index contributed by atoms with van der Waals surface area (Å²) in [4.78, 5) is 35.5. The van der Waals surface area contributed by atoms with Crippen LogP contribution >= 0.6 is 0 Å². The van der Waals surface area contributed by atoms with E-state index in [1.165, 1.54) is 0 Å². The first-order valence-corrected chi connectivity index (χ1v) is 8.86. The molecule has 23 heavy (non-hydrogen) atoms. The molecule has 134 valence electrons. The van der Waals surface area contributed by atoms with Crippen LogP contribution < -0.4 is 10.6 Å². The van der Waals surface area contributed by atoms with Crippen LogP contribution in [-0.4, -0.2) is 36.1 Å². The zero-order chi connectivity index (χ0) is 17.8. The summed E-state index contributed by atoms with van der Waals surface area (Å²) < 4.78 is 0. The first-order valence-electron chi connectivity index (χ1n) is 8.86. The van der Waals surface area contributed by atoms with Gasteiger partial charge in [-0.15, -0.1) is 0 Å². The van der Waals surface area contributed by atoms with Gasteiger partial charge in [0.2, 0.25) is 5.91 Å². The average Bonchev–Trinajstić information content (AvgIpc) is 2.49. The predicted molar refractivity (Wildman–Crippen MR) is 93.3 cm³/mol. The number of hydrogen-bond acceptors (Lipinski definition) is 4. The smallest absolute Gasteiger partial charge is 0.221 e. The van der Waals surface area contributed by atoms with Crippen molar-refractivity contribution in [3.63, 3.8) is 0 Å². The first-order chi connectivity index (χ1) is 10.8. The number of carbonyl (C=O) groups is 3. The second-order valence-corrected chi connectivity index (χ2v) is 6.67. The maximum Gasteiger partial charge on any atom is 0.221 e. The Morgan fingerprint density at radius 3 is 2.09 bits per heavy atom. The highest BCUT2D eigenvalue weighted by atomic mass is 16.2. The molecule has 2 N–H and O–H groups in total. The van der Waals surface area contributed by atoms with Crippen molar-refractivity contribution in [3.8, 4) is 0 Å². The van der Waals surface area contributed by atoms with E-state index < -0.39 is 6.04 Å². The first kappa shape index (κ1) is 21.8. The lowest BCUT2D eigenvalue weighted by Crippen LogP contribution is -2.40. The Hall–Kier alpha value is -1.23. The van der Waals surface area contributed by atoms with Crippen LogP contribution in [0.4, 0.5) is 0 Å². The molecule has 0 saturated heterocycles. The van der Waals surface area contributed by atoms with Crippen molar-refractivity contribution in [2.75, 3.05) is 6.54 Å². The molecule has 0 aliphatic carbocycles. The van der Waals surface area contributed by atoms with Crippen LogP contribution in [0.5, 0.6) is 0 Å². The van der Waals surface area contributed by atoms with E-state index in [2.05, 4.69) is 24.5 Å². The Balaban J connectivity index is 4.20. The molecule has 0 aromatic heterocycles. The fourth-order valence-electron chi connectivity index (χ4n) is 2.22. The Labute approximate surface area is 141 Å².